The molecule has 0 spiro atoms. The van der Waals surface area contributed by atoms with Gasteiger partial charge in [-0.05, 0) is 46.8 Å². The van der Waals surface area contributed by atoms with Gasteiger partial charge in [-0.15, -0.1) is 0 Å². The molecule has 1 fully saturated rings. The number of para-hydroxylation sites is 1. The first kappa shape index (κ1) is 20.0. The quantitative estimate of drug-likeness (QED) is 0.838. The highest BCUT2D eigenvalue weighted by molar-refractivity contribution is 6.32. The number of benzene rings is 1. The number of hydrogen-bond donors (Lipinski definition) is 1. The minimum absolute atomic E-state index is 0.151. The van der Waals surface area contributed by atoms with Crippen molar-refractivity contribution >= 4 is 17.5 Å². The standard InChI is InChI=1S/C19H29ClN2O3/c1-13-10-22(11-14(2)24-13)19(4,5)12-21-18(23)15(3)25-17-9-7-6-8-16(17)20/h6-9,13-15H,10-12H2,1-5H3,(H,21,23)/t13-,14-,15-/m1/s1. The van der Waals surface area contributed by atoms with Crippen molar-refractivity contribution in [1.82, 2.24) is 10.2 Å². The molecule has 0 aromatic heterocycles. The van der Waals surface area contributed by atoms with Gasteiger partial charge in [0, 0.05) is 25.2 Å². The molecular weight excluding hydrogens is 340 g/mol. The molecule has 0 aliphatic carbocycles. The van der Waals surface area contributed by atoms with Gasteiger partial charge < -0.3 is 14.8 Å². The van der Waals surface area contributed by atoms with Crippen molar-refractivity contribution in [1.29, 1.82) is 0 Å². The largest absolute Gasteiger partial charge is 0.479 e. The number of hydrogen-bond acceptors (Lipinski definition) is 4. The van der Waals surface area contributed by atoms with E-state index in [1.54, 1.807) is 19.1 Å². The van der Waals surface area contributed by atoms with Crippen molar-refractivity contribution < 1.29 is 14.3 Å². The van der Waals surface area contributed by atoms with Crippen LogP contribution in [0.5, 0.6) is 5.75 Å². The maximum atomic E-state index is 12.4. The van der Waals surface area contributed by atoms with Crippen LogP contribution in [0.25, 0.3) is 0 Å². The van der Waals surface area contributed by atoms with E-state index in [2.05, 4.69) is 37.9 Å². The lowest BCUT2D eigenvalue weighted by Crippen LogP contribution is -2.59. The molecule has 1 aliphatic rings. The maximum absolute atomic E-state index is 12.4. The second-order valence-corrected chi connectivity index (χ2v) is 7.79. The number of carbonyl (C=O) groups excluding carboxylic acids is 1. The van der Waals surface area contributed by atoms with Crippen molar-refractivity contribution in [3.05, 3.63) is 29.3 Å². The predicted molar refractivity (Wildman–Crippen MR) is 100 cm³/mol. The van der Waals surface area contributed by atoms with Crippen LogP contribution in [0.4, 0.5) is 0 Å². The fourth-order valence-electron chi connectivity index (χ4n) is 3.02. The van der Waals surface area contributed by atoms with E-state index in [1.807, 2.05) is 12.1 Å². The van der Waals surface area contributed by atoms with E-state index in [0.29, 0.717) is 17.3 Å². The molecule has 25 heavy (non-hydrogen) atoms. The van der Waals surface area contributed by atoms with Crippen molar-refractivity contribution in [2.75, 3.05) is 19.6 Å². The van der Waals surface area contributed by atoms with Gasteiger partial charge in [0.1, 0.15) is 5.75 Å². The van der Waals surface area contributed by atoms with Gasteiger partial charge in [-0.2, -0.15) is 0 Å². The van der Waals surface area contributed by atoms with E-state index in [1.165, 1.54) is 0 Å². The SMILES string of the molecule is C[C@@H]1CN(C(C)(C)CNC(=O)[C@@H](C)Oc2ccccc2Cl)C[C@@H](C)O1. The second-order valence-electron chi connectivity index (χ2n) is 7.38. The number of rotatable bonds is 6. The molecule has 0 bridgehead atoms. The Morgan fingerprint density at radius 3 is 2.56 bits per heavy atom. The lowest BCUT2D eigenvalue weighted by Gasteiger charge is -2.45. The number of nitrogens with zero attached hydrogens (tertiary/aromatic N) is 1. The van der Waals surface area contributed by atoms with Gasteiger partial charge >= 0.3 is 0 Å². The molecule has 6 heteroatoms. The molecule has 1 N–H and O–H groups in total. The minimum atomic E-state index is -0.613. The molecule has 0 unspecified atom stereocenters. The summed E-state index contributed by atoms with van der Waals surface area (Å²) in [6.07, 6.45) is -0.222. The zero-order chi connectivity index (χ0) is 18.6. The molecule has 3 atom stereocenters. The molecule has 1 heterocycles. The van der Waals surface area contributed by atoms with E-state index in [0.717, 1.165) is 13.1 Å². The van der Waals surface area contributed by atoms with E-state index >= 15 is 0 Å². The van der Waals surface area contributed by atoms with E-state index in [9.17, 15) is 4.79 Å². The lowest BCUT2D eigenvalue weighted by molar-refractivity contribution is -0.128. The summed E-state index contributed by atoms with van der Waals surface area (Å²) in [7, 11) is 0. The fourth-order valence-corrected chi connectivity index (χ4v) is 3.20. The third-order valence-electron chi connectivity index (χ3n) is 4.48. The molecule has 2 rings (SSSR count). The van der Waals surface area contributed by atoms with Crippen LogP contribution in [0.3, 0.4) is 0 Å². The smallest absolute Gasteiger partial charge is 0.260 e. The summed E-state index contributed by atoms with van der Waals surface area (Å²) >= 11 is 6.08. The minimum Gasteiger partial charge on any atom is -0.479 e. The Balaban J connectivity index is 1.88. The topological polar surface area (TPSA) is 50.8 Å². The predicted octanol–water partition coefficient (Wildman–Crippen LogP) is 3.11. The molecule has 1 aliphatic heterocycles. The Bertz CT molecular complexity index is 584. The maximum Gasteiger partial charge on any atom is 0.260 e. The van der Waals surface area contributed by atoms with Gasteiger partial charge in [0.15, 0.2) is 6.10 Å². The van der Waals surface area contributed by atoms with Gasteiger partial charge in [-0.25, -0.2) is 0 Å². The normalized spacial score (nSPS) is 23.1. The number of carbonyl (C=O) groups is 1. The Labute approximate surface area is 155 Å². The summed E-state index contributed by atoms with van der Waals surface area (Å²) in [6.45, 7) is 12.4. The molecule has 1 amide bonds. The van der Waals surface area contributed by atoms with Crippen molar-refractivity contribution in [3.8, 4) is 5.75 Å². The first-order valence-corrected chi connectivity index (χ1v) is 9.16. The lowest BCUT2D eigenvalue weighted by atomic mass is 10.00. The summed E-state index contributed by atoms with van der Waals surface area (Å²) in [6, 6.07) is 7.15. The Morgan fingerprint density at radius 2 is 1.96 bits per heavy atom. The number of halogens is 1. The number of amides is 1. The highest BCUT2D eigenvalue weighted by Gasteiger charge is 2.33. The Kier molecular flexibility index (Phi) is 6.72. The summed E-state index contributed by atoms with van der Waals surface area (Å²) in [5.74, 6) is 0.365. The zero-order valence-corrected chi connectivity index (χ0v) is 16.5. The number of ether oxygens (including phenoxy) is 2. The van der Waals surface area contributed by atoms with Crippen molar-refractivity contribution in [2.45, 2.75) is 58.5 Å². The van der Waals surface area contributed by atoms with Crippen LogP contribution in [-0.4, -0.2) is 54.3 Å². The summed E-state index contributed by atoms with van der Waals surface area (Å²) in [4.78, 5) is 14.8. The molecule has 140 valence electrons. The highest BCUT2D eigenvalue weighted by atomic mass is 35.5. The molecule has 0 saturated carbocycles. The van der Waals surface area contributed by atoms with Crippen LogP contribution >= 0.6 is 11.6 Å². The molecule has 0 radical (unpaired) electrons. The van der Waals surface area contributed by atoms with Crippen LogP contribution in [0, 0.1) is 0 Å². The van der Waals surface area contributed by atoms with Crippen molar-refractivity contribution in [2.24, 2.45) is 0 Å². The second kappa shape index (κ2) is 8.39. The first-order chi connectivity index (χ1) is 11.7. The average molecular weight is 369 g/mol. The monoisotopic (exact) mass is 368 g/mol. The van der Waals surface area contributed by atoms with Crippen LogP contribution in [0.2, 0.25) is 5.02 Å². The molecule has 5 nitrogen and oxygen atoms in total. The Hall–Kier alpha value is -1.30. The third kappa shape index (κ3) is 5.59. The molecule has 1 aromatic rings. The van der Waals surface area contributed by atoms with Crippen molar-refractivity contribution in [3.63, 3.8) is 0 Å². The summed E-state index contributed by atoms with van der Waals surface area (Å²) < 4.78 is 11.5. The number of nitrogens with one attached hydrogen (secondary N) is 1. The average Bonchev–Trinajstić information content (AvgIpc) is 2.54. The van der Waals surface area contributed by atoms with E-state index < -0.39 is 6.10 Å². The van der Waals surface area contributed by atoms with Crippen LogP contribution in [-0.2, 0) is 9.53 Å². The summed E-state index contributed by atoms with van der Waals surface area (Å²) in [5, 5.41) is 3.50. The van der Waals surface area contributed by atoms with E-state index in [4.69, 9.17) is 21.1 Å². The van der Waals surface area contributed by atoms with Gasteiger partial charge in [0.25, 0.3) is 5.91 Å². The van der Waals surface area contributed by atoms with Crippen LogP contribution in [0.15, 0.2) is 24.3 Å². The Morgan fingerprint density at radius 1 is 1.36 bits per heavy atom. The van der Waals surface area contributed by atoms with Gasteiger partial charge in [0.05, 0.1) is 17.2 Å². The molecule has 1 aromatic carbocycles. The summed E-state index contributed by atoms with van der Waals surface area (Å²) in [5.41, 5.74) is -0.161. The third-order valence-corrected chi connectivity index (χ3v) is 4.79. The fraction of sp³-hybridized carbons (Fsp3) is 0.632. The van der Waals surface area contributed by atoms with Gasteiger partial charge in [-0.3, -0.25) is 9.69 Å². The van der Waals surface area contributed by atoms with E-state index in [-0.39, 0.29) is 23.7 Å². The zero-order valence-electron chi connectivity index (χ0n) is 15.7. The number of morpholine rings is 1. The highest BCUT2D eigenvalue weighted by Crippen LogP contribution is 2.24. The van der Waals surface area contributed by atoms with Gasteiger partial charge in [-0.1, -0.05) is 23.7 Å². The first-order valence-electron chi connectivity index (χ1n) is 8.78. The van der Waals surface area contributed by atoms with Crippen LogP contribution in [0.1, 0.15) is 34.6 Å². The van der Waals surface area contributed by atoms with Crippen LogP contribution < -0.4 is 10.1 Å². The molecular formula is C19H29ClN2O3. The van der Waals surface area contributed by atoms with Gasteiger partial charge in [0.2, 0.25) is 0 Å². The molecule has 1 saturated heterocycles.